The maximum atomic E-state index is 12.5. The van der Waals surface area contributed by atoms with E-state index in [1.165, 1.54) is 11.1 Å². The summed E-state index contributed by atoms with van der Waals surface area (Å²) >= 11 is 0. The Labute approximate surface area is 197 Å². The maximum Gasteiger partial charge on any atom is 0.215 e. The van der Waals surface area contributed by atoms with Crippen molar-refractivity contribution in [3.63, 3.8) is 0 Å². The standard InChI is InChI=1S/C7H8FN.2C7H9N.C6H8N2/c1-5-3-4-6(2)9-7(5)8;2*1-6-3-4-7(2)8-5-6;1-5-3-8-6(2)4-7-5/h3-4H,1-2H3;2*3-5H,1-2H3;3-4H,1-2H3. The van der Waals surface area contributed by atoms with Crippen molar-refractivity contribution in [1.29, 1.82) is 0 Å². The molecule has 0 unspecified atom stereocenters. The summed E-state index contributed by atoms with van der Waals surface area (Å²) in [5.74, 6) is -0.366. The summed E-state index contributed by atoms with van der Waals surface area (Å²) in [6.07, 6.45) is 7.26. The maximum absolute atomic E-state index is 12.5. The predicted octanol–water partition coefficient (Wildman–Crippen LogP) is 6.33. The Hall–Kier alpha value is -3.54. The largest absolute Gasteiger partial charge is 0.261 e. The second-order valence-electron chi connectivity index (χ2n) is 7.81. The molecule has 0 aliphatic carbocycles. The average Bonchev–Trinajstić information content (AvgIpc) is 2.79. The number of aryl methyl sites for hydroxylation is 8. The number of hydrogen-bond donors (Lipinski definition) is 0. The molecule has 0 atom stereocenters. The van der Waals surface area contributed by atoms with Crippen LogP contribution >= 0.6 is 0 Å². The van der Waals surface area contributed by atoms with E-state index in [-0.39, 0.29) is 5.95 Å². The van der Waals surface area contributed by atoms with Crippen LogP contribution in [0.1, 0.15) is 45.2 Å². The summed E-state index contributed by atoms with van der Waals surface area (Å²) in [6.45, 7) is 15.3. The number of aromatic nitrogens is 5. The van der Waals surface area contributed by atoms with Crippen LogP contribution in [0, 0.1) is 61.3 Å². The van der Waals surface area contributed by atoms with Crippen LogP contribution in [0.2, 0.25) is 0 Å². The number of rotatable bonds is 0. The molecule has 0 N–H and O–H groups in total. The van der Waals surface area contributed by atoms with Crippen LogP contribution in [-0.4, -0.2) is 24.9 Å². The van der Waals surface area contributed by atoms with Crippen molar-refractivity contribution >= 4 is 0 Å². The Balaban J connectivity index is 0.000000220. The van der Waals surface area contributed by atoms with Crippen molar-refractivity contribution in [2.24, 2.45) is 0 Å². The van der Waals surface area contributed by atoms with E-state index in [4.69, 9.17) is 0 Å². The van der Waals surface area contributed by atoms with Gasteiger partial charge in [-0.2, -0.15) is 4.39 Å². The monoisotopic (exact) mass is 447 g/mol. The van der Waals surface area contributed by atoms with Gasteiger partial charge in [0.05, 0.1) is 11.4 Å². The third-order valence-corrected chi connectivity index (χ3v) is 4.20. The Kier molecular flexibility index (Phi) is 12.1. The number of hydrogen-bond acceptors (Lipinski definition) is 5. The van der Waals surface area contributed by atoms with Crippen LogP contribution in [0.15, 0.2) is 61.2 Å². The normalized spacial score (nSPS) is 9.36. The fourth-order valence-corrected chi connectivity index (χ4v) is 2.14. The molecule has 4 rings (SSSR count). The molecule has 0 spiro atoms. The van der Waals surface area contributed by atoms with E-state index in [1.807, 2.05) is 66.1 Å². The first kappa shape index (κ1) is 27.5. The van der Waals surface area contributed by atoms with Crippen molar-refractivity contribution < 1.29 is 4.39 Å². The third kappa shape index (κ3) is 12.8. The Morgan fingerprint density at radius 1 is 0.455 bits per heavy atom. The lowest BCUT2D eigenvalue weighted by Gasteiger charge is -1.93. The average molecular weight is 448 g/mol. The molecular formula is C27H34FN5. The van der Waals surface area contributed by atoms with Gasteiger partial charge >= 0.3 is 0 Å². The molecule has 4 aromatic rings. The van der Waals surface area contributed by atoms with Gasteiger partial charge in [-0.1, -0.05) is 18.2 Å². The quantitative estimate of drug-likeness (QED) is 0.295. The van der Waals surface area contributed by atoms with Crippen molar-refractivity contribution in [1.82, 2.24) is 24.9 Å². The highest BCUT2D eigenvalue weighted by Crippen LogP contribution is 2.02. The van der Waals surface area contributed by atoms with Crippen molar-refractivity contribution in [2.45, 2.75) is 55.4 Å². The first-order valence-corrected chi connectivity index (χ1v) is 10.7. The van der Waals surface area contributed by atoms with Gasteiger partial charge in [0.2, 0.25) is 5.95 Å². The van der Waals surface area contributed by atoms with Gasteiger partial charge < -0.3 is 0 Å². The lowest BCUT2D eigenvalue weighted by Crippen LogP contribution is -1.88. The number of halogens is 1. The number of pyridine rings is 3. The Morgan fingerprint density at radius 3 is 1.12 bits per heavy atom. The lowest BCUT2D eigenvalue weighted by molar-refractivity contribution is 0.571. The molecule has 0 amide bonds. The molecule has 33 heavy (non-hydrogen) atoms. The zero-order valence-electron chi connectivity index (χ0n) is 20.9. The van der Waals surface area contributed by atoms with Crippen LogP contribution in [0.3, 0.4) is 0 Å². The smallest absolute Gasteiger partial charge is 0.215 e. The van der Waals surface area contributed by atoms with Crippen LogP contribution in [-0.2, 0) is 0 Å². The molecular weight excluding hydrogens is 413 g/mol. The van der Waals surface area contributed by atoms with E-state index in [9.17, 15) is 4.39 Å². The molecule has 0 saturated carbocycles. The second kappa shape index (κ2) is 14.5. The van der Waals surface area contributed by atoms with Gasteiger partial charge in [0.1, 0.15) is 0 Å². The van der Waals surface area contributed by atoms with E-state index >= 15 is 0 Å². The minimum atomic E-state index is -0.366. The summed E-state index contributed by atoms with van der Waals surface area (Å²) in [5.41, 5.74) is 7.85. The molecule has 174 valence electrons. The zero-order valence-corrected chi connectivity index (χ0v) is 20.9. The van der Waals surface area contributed by atoms with Crippen LogP contribution in [0.5, 0.6) is 0 Å². The molecule has 0 aliphatic rings. The summed E-state index contributed by atoms with van der Waals surface area (Å²) < 4.78 is 12.5. The molecule has 0 aliphatic heterocycles. The third-order valence-electron chi connectivity index (χ3n) is 4.20. The van der Waals surface area contributed by atoms with Crippen molar-refractivity contribution in [3.8, 4) is 0 Å². The van der Waals surface area contributed by atoms with E-state index in [0.717, 1.165) is 28.5 Å². The molecule has 0 radical (unpaired) electrons. The topological polar surface area (TPSA) is 64.5 Å². The van der Waals surface area contributed by atoms with E-state index in [1.54, 1.807) is 38.4 Å². The molecule has 5 nitrogen and oxygen atoms in total. The van der Waals surface area contributed by atoms with Gasteiger partial charge in [0.15, 0.2) is 0 Å². The molecule has 0 bridgehead atoms. The summed E-state index contributed by atoms with van der Waals surface area (Å²) in [7, 11) is 0. The van der Waals surface area contributed by atoms with Gasteiger partial charge in [0.25, 0.3) is 0 Å². The SMILES string of the molecule is Cc1ccc(C)c(F)n1.Cc1ccc(C)nc1.Cc1ccc(C)nc1.Cc1cnc(C)cn1. The van der Waals surface area contributed by atoms with Gasteiger partial charge in [0, 0.05) is 47.4 Å². The lowest BCUT2D eigenvalue weighted by atomic mass is 10.3. The van der Waals surface area contributed by atoms with Crippen LogP contribution in [0.4, 0.5) is 4.39 Å². The summed E-state index contributed by atoms with van der Waals surface area (Å²) in [4.78, 5) is 19.8. The van der Waals surface area contributed by atoms with E-state index in [0.29, 0.717) is 5.56 Å². The first-order valence-electron chi connectivity index (χ1n) is 10.7. The van der Waals surface area contributed by atoms with Gasteiger partial charge in [-0.05, 0) is 84.7 Å². The molecule has 0 saturated heterocycles. The molecule has 0 aromatic carbocycles. The fourth-order valence-electron chi connectivity index (χ4n) is 2.14. The highest BCUT2D eigenvalue weighted by atomic mass is 19.1. The number of nitrogens with zero attached hydrogens (tertiary/aromatic N) is 5. The van der Waals surface area contributed by atoms with Gasteiger partial charge in [-0.15, -0.1) is 0 Å². The van der Waals surface area contributed by atoms with Crippen LogP contribution in [0.25, 0.3) is 0 Å². The molecule has 4 aromatic heterocycles. The molecule has 4 heterocycles. The first-order chi connectivity index (χ1) is 15.6. The van der Waals surface area contributed by atoms with E-state index < -0.39 is 0 Å². The minimum Gasteiger partial charge on any atom is -0.261 e. The van der Waals surface area contributed by atoms with Gasteiger partial charge in [-0.3, -0.25) is 19.9 Å². The van der Waals surface area contributed by atoms with Gasteiger partial charge in [-0.25, -0.2) is 4.98 Å². The summed E-state index contributed by atoms with van der Waals surface area (Å²) in [5, 5.41) is 0. The predicted molar refractivity (Wildman–Crippen MR) is 133 cm³/mol. The second-order valence-corrected chi connectivity index (χ2v) is 7.81. The Morgan fingerprint density at radius 2 is 0.848 bits per heavy atom. The molecule has 6 heteroatoms. The zero-order chi connectivity index (χ0) is 24.8. The van der Waals surface area contributed by atoms with E-state index in [2.05, 4.69) is 37.1 Å². The van der Waals surface area contributed by atoms with Crippen LogP contribution < -0.4 is 0 Å². The Bertz CT molecular complexity index is 911. The summed E-state index contributed by atoms with van der Waals surface area (Å²) in [6, 6.07) is 11.6. The highest BCUT2D eigenvalue weighted by Gasteiger charge is 1.95. The van der Waals surface area contributed by atoms with Crippen molar-refractivity contribution in [3.05, 3.63) is 112 Å². The fraction of sp³-hybridized carbons (Fsp3) is 0.296. The minimum absolute atomic E-state index is 0.366. The highest BCUT2D eigenvalue weighted by molar-refractivity contribution is 5.13. The molecule has 0 fully saturated rings. The van der Waals surface area contributed by atoms with Crippen molar-refractivity contribution in [2.75, 3.05) is 0 Å².